The minimum absolute atomic E-state index is 0. The highest BCUT2D eigenvalue weighted by molar-refractivity contribution is 14.0. The van der Waals surface area contributed by atoms with E-state index in [0.29, 0.717) is 12.1 Å². The van der Waals surface area contributed by atoms with Crippen LogP contribution in [0.1, 0.15) is 30.9 Å². The highest BCUT2D eigenvalue weighted by atomic mass is 127. The summed E-state index contributed by atoms with van der Waals surface area (Å²) in [7, 11) is 1.44. The summed E-state index contributed by atoms with van der Waals surface area (Å²) < 4.78 is 18.2. The highest BCUT2D eigenvalue weighted by Crippen LogP contribution is 2.19. The minimum Gasteiger partial charge on any atom is -0.469 e. The molecule has 1 saturated heterocycles. The first-order valence-corrected chi connectivity index (χ1v) is 8.41. The molecule has 1 aliphatic rings. The Hall–Kier alpha value is -1.38. The molecule has 1 aliphatic heterocycles. The van der Waals surface area contributed by atoms with E-state index < -0.39 is 0 Å². The number of methoxy groups -OCH3 is 1. The molecule has 0 aliphatic carbocycles. The van der Waals surface area contributed by atoms with Crippen LogP contribution in [0.4, 0.5) is 4.39 Å². The second-order valence-electron chi connectivity index (χ2n) is 6.04. The Morgan fingerprint density at radius 3 is 2.64 bits per heavy atom. The molecule has 0 spiro atoms. The number of guanidine groups is 1. The number of rotatable bonds is 4. The van der Waals surface area contributed by atoms with Gasteiger partial charge in [-0.2, -0.15) is 0 Å². The third kappa shape index (κ3) is 6.13. The molecular formula is C18H27FIN3O2. The number of carbonyl (C=O) groups is 1. The van der Waals surface area contributed by atoms with Crippen LogP contribution in [0.5, 0.6) is 0 Å². The van der Waals surface area contributed by atoms with Crippen molar-refractivity contribution in [1.29, 1.82) is 0 Å². The number of nitrogens with zero attached hydrogens (tertiary/aromatic N) is 2. The van der Waals surface area contributed by atoms with Gasteiger partial charge in [0.05, 0.1) is 19.6 Å². The number of aryl methyl sites for hydroxylation is 1. The molecule has 25 heavy (non-hydrogen) atoms. The minimum atomic E-state index is -0.195. The molecule has 0 amide bonds. The lowest BCUT2D eigenvalue weighted by atomic mass is 9.97. The lowest BCUT2D eigenvalue weighted by Gasteiger charge is -2.33. The van der Waals surface area contributed by atoms with Crippen molar-refractivity contribution in [3.8, 4) is 0 Å². The lowest BCUT2D eigenvalue weighted by molar-refractivity contribution is -0.146. The fraction of sp³-hybridized carbons (Fsp3) is 0.556. The van der Waals surface area contributed by atoms with E-state index in [1.54, 1.807) is 13.0 Å². The Kier molecular flexibility index (Phi) is 9.16. The zero-order valence-corrected chi connectivity index (χ0v) is 17.4. The Morgan fingerprint density at radius 1 is 1.40 bits per heavy atom. The summed E-state index contributed by atoms with van der Waals surface area (Å²) in [5.41, 5.74) is 1.61. The zero-order valence-electron chi connectivity index (χ0n) is 15.0. The molecule has 0 saturated carbocycles. The summed E-state index contributed by atoms with van der Waals surface area (Å²) in [6.07, 6.45) is 1.54. The molecule has 1 fully saturated rings. The van der Waals surface area contributed by atoms with Gasteiger partial charge in [-0.25, -0.2) is 9.38 Å². The molecule has 1 N–H and O–H groups in total. The molecule has 7 heteroatoms. The van der Waals surface area contributed by atoms with Crippen molar-refractivity contribution in [2.24, 2.45) is 10.9 Å². The monoisotopic (exact) mass is 463 g/mol. The van der Waals surface area contributed by atoms with E-state index in [4.69, 9.17) is 4.74 Å². The Labute approximate surface area is 166 Å². The smallest absolute Gasteiger partial charge is 0.308 e. The van der Waals surface area contributed by atoms with Gasteiger partial charge in [-0.3, -0.25) is 4.79 Å². The first kappa shape index (κ1) is 21.7. The van der Waals surface area contributed by atoms with Crippen LogP contribution >= 0.6 is 24.0 Å². The molecular weight excluding hydrogens is 436 g/mol. The third-order valence-electron chi connectivity index (χ3n) is 4.30. The number of hydrogen-bond acceptors (Lipinski definition) is 3. The van der Waals surface area contributed by atoms with E-state index in [1.807, 2.05) is 13.0 Å². The molecule has 1 aromatic rings. The molecule has 0 radical (unpaired) electrons. The van der Waals surface area contributed by atoms with Gasteiger partial charge in [-0.15, -0.1) is 24.0 Å². The quantitative estimate of drug-likeness (QED) is 0.323. The molecule has 1 aromatic carbocycles. The van der Waals surface area contributed by atoms with Crippen molar-refractivity contribution in [1.82, 2.24) is 10.2 Å². The average molecular weight is 463 g/mol. The van der Waals surface area contributed by atoms with Crippen molar-refractivity contribution in [2.75, 3.05) is 26.7 Å². The summed E-state index contributed by atoms with van der Waals surface area (Å²) in [6.45, 7) is 6.60. The van der Waals surface area contributed by atoms with Crippen LogP contribution in [0.15, 0.2) is 23.2 Å². The molecule has 1 heterocycles. The van der Waals surface area contributed by atoms with Crippen LogP contribution in [0.3, 0.4) is 0 Å². The third-order valence-corrected chi connectivity index (χ3v) is 4.30. The van der Waals surface area contributed by atoms with Crippen LogP contribution < -0.4 is 5.32 Å². The molecule has 5 nitrogen and oxygen atoms in total. The predicted molar refractivity (Wildman–Crippen MR) is 108 cm³/mol. The van der Waals surface area contributed by atoms with Gasteiger partial charge in [0.15, 0.2) is 5.96 Å². The summed E-state index contributed by atoms with van der Waals surface area (Å²) in [5, 5.41) is 3.29. The number of piperidine rings is 1. The SMILES string of the molecule is CCNC(=NCc1ccc(F)c(C)c1)N1CCC(C(=O)OC)CC1.I. The Bertz CT molecular complexity index is 602. The Morgan fingerprint density at radius 2 is 2.08 bits per heavy atom. The fourth-order valence-electron chi connectivity index (χ4n) is 2.89. The first-order chi connectivity index (χ1) is 11.5. The van der Waals surface area contributed by atoms with Gasteiger partial charge < -0.3 is 15.0 Å². The lowest BCUT2D eigenvalue weighted by Crippen LogP contribution is -2.46. The normalized spacial score (nSPS) is 15.5. The maximum atomic E-state index is 13.3. The van der Waals surface area contributed by atoms with Gasteiger partial charge in [0, 0.05) is 19.6 Å². The second-order valence-corrected chi connectivity index (χ2v) is 6.04. The predicted octanol–water partition coefficient (Wildman–Crippen LogP) is 3.10. The van der Waals surface area contributed by atoms with Crippen LogP contribution in [-0.4, -0.2) is 43.6 Å². The number of benzene rings is 1. The van der Waals surface area contributed by atoms with E-state index in [1.165, 1.54) is 13.2 Å². The number of aliphatic imine (C=N–C) groups is 1. The van der Waals surface area contributed by atoms with Crippen LogP contribution in [0.25, 0.3) is 0 Å². The van der Waals surface area contributed by atoms with Crippen molar-refractivity contribution in [2.45, 2.75) is 33.2 Å². The largest absolute Gasteiger partial charge is 0.469 e. The highest BCUT2D eigenvalue weighted by Gasteiger charge is 2.26. The standard InChI is InChI=1S/C18H26FN3O2.HI/c1-4-20-18(21-12-14-5-6-16(19)13(2)11-14)22-9-7-15(8-10-22)17(23)24-3;/h5-6,11,15H,4,7-10,12H2,1-3H3,(H,20,21);1H. The van der Waals surface area contributed by atoms with Gasteiger partial charge in [-0.1, -0.05) is 12.1 Å². The summed E-state index contributed by atoms with van der Waals surface area (Å²) in [5.74, 6) is 0.495. The summed E-state index contributed by atoms with van der Waals surface area (Å²) in [4.78, 5) is 18.4. The summed E-state index contributed by atoms with van der Waals surface area (Å²) in [6, 6.07) is 5.07. The van der Waals surface area contributed by atoms with E-state index in [9.17, 15) is 9.18 Å². The number of esters is 1. The van der Waals surface area contributed by atoms with Gasteiger partial charge in [-0.05, 0) is 43.9 Å². The molecule has 0 aromatic heterocycles. The van der Waals surface area contributed by atoms with Gasteiger partial charge in [0.25, 0.3) is 0 Å². The fourth-order valence-corrected chi connectivity index (χ4v) is 2.89. The van der Waals surface area contributed by atoms with Crippen molar-refractivity contribution < 1.29 is 13.9 Å². The molecule has 2 rings (SSSR count). The average Bonchev–Trinajstić information content (AvgIpc) is 2.61. The molecule has 0 atom stereocenters. The van der Waals surface area contributed by atoms with E-state index in [0.717, 1.165) is 44.0 Å². The number of ether oxygens (including phenoxy) is 1. The molecule has 0 unspecified atom stereocenters. The van der Waals surface area contributed by atoms with E-state index in [-0.39, 0.29) is 41.7 Å². The van der Waals surface area contributed by atoms with E-state index >= 15 is 0 Å². The number of hydrogen-bond donors (Lipinski definition) is 1. The van der Waals surface area contributed by atoms with Gasteiger partial charge >= 0.3 is 5.97 Å². The molecule has 140 valence electrons. The maximum Gasteiger partial charge on any atom is 0.308 e. The van der Waals surface area contributed by atoms with Crippen LogP contribution in [0.2, 0.25) is 0 Å². The van der Waals surface area contributed by atoms with Crippen LogP contribution in [-0.2, 0) is 16.1 Å². The van der Waals surface area contributed by atoms with E-state index in [2.05, 4.69) is 15.2 Å². The van der Waals surface area contributed by atoms with Crippen LogP contribution in [0, 0.1) is 18.7 Å². The zero-order chi connectivity index (χ0) is 17.5. The topological polar surface area (TPSA) is 53.9 Å². The number of halogens is 2. The number of carbonyl (C=O) groups excluding carboxylic acids is 1. The Balaban J connectivity index is 0.00000312. The van der Waals surface area contributed by atoms with Gasteiger partial charge in [0.2, 0.25) is 0 Å². The first-order valence-electron chi connectivity index (χ1n) is 8.41. The van der Waals surface area contributed by atoms with Crippen molar-refractivity contribution in [3.05, 3.63) is 35.1 Å². The van der Waals surface area contributed by atoms with Crippen molar-refractivity contribution in [3.63, 3.8) is 0 Å². The second kappa shape index (κ2) is 10.6. The molecule has 0 bridgehead atoms. The van der Waals surface area contributed by atoms with Crippen molar-refractivity contribution >= 4 is 35.9 Å². The number of nitrogens with one attached hydrogen (secondary N) is 1. The van der Waals surface area contributed by atoms with Gasteiger partial charge in [0.1, 0.15) is 5.82 Å². The number of likely N-dealkylation sites (tertiary alicyclic amines) is 1. The maximum absolute atomic E-state index is 13.3. The summed E-state index contributed by atoms with van der Waals surface area (Å²) >= 11 is 0.